The van der Waals surface area contributed by atoms with E-state index in [0.29, 0.717) is 6.42 Å². The highest BCUT2D eigenvalue weighted by atomic mass is 16.5. The minimum absolute atomic E-state index is 0.322. The highest BCUT2D eigenvalue weighted by Crippen LogP contribution is 2.11. The fourth-order valence-electron chi connectivity index (χ4n) is 0.955. The summed E-state index contributed by atoms with van der Waals surface area (Å²) in [5.41, 5.74) is 0. The maximum atomic E-state index is 11.0. The van der Waals surface area contributed by atoms with Gasteiger partial charge in [0, 0.05) is 0 Å². The van der Waals surface area contributed by atoms with Gasteiger partial charge in [-0.3, -0.25) is 4.79 Å². The van der Waals surface area contributed by atoms with Gasteiger partial charge in [-0.05, 0) is 6.42 Å². The van der Waals surface area contributed by atoms with Gasteiger partial charge in [-0.15, -0.1) is 0 Å². The van der Waals surface area contributed by atoms with Crippen molar-refractivity contribution in [1.29, 1.82) is 0 Å². The van der Waals surface area contributed by atoms with E-state index in [4.69, 9.17) is 0 Å². The van der Waals surface area contributed by atoms with Gasteiger partial charge in [-0.1, -0.05) is 6.92 Å². The van der Waals surface area contributed by atoms with E-state index < -0.39 is 24.0 Å². The third kappa shape index (κ3) is 3.02. The van der Waals surface area contributed by atoms with Crippen LogP contribution < -0.4 is 0 Å². The molecular formula is C8H14O5. The summed E-state index contributed by atoms with van der Waals surface area (Å²) in [4.78, 5) is 21.9. The van der Waals surface area contributed by atoms with Crippen molar-refractivity contribution in [2.45, 2.75) is 19.4 Å². The Bertz CT molecular complexity index is 189. The Hall–Kier alpha value is -1.10. The van der Waals surface area contributed by atoms with E-state index in [0.717, 1.165) is 7.11 Å². The zero-order valence-electron chi connectivity index (χ0n) is 7.94. The molecule has 0 aromatic heterocycles. The van der Waals surface area contributed by atoms with Crippen molar-refractivity contribution >= 4 is 11.9 Å². The van der Waals surface area contributed by atoms with Crippen LogP contribution in [0.2, 0.25) is 0 Å². The SMILES string of the molecule is CCC(C(=O)OC)C(O)C(=O)OC. The van der Waals surface area contributed by atoms with Crippen LogP contribution in [-0.4, -0.2) is 37.4 Å². The van der Waals surface area contributed by atoms with Crippen molar-refractivity contribution in [2.24, 2.45) is 5.92 Å². The molecule has 0 aromatic carbocycles. The lowest BCUT2D eigenvalue weighted by Gasteiger charge is -2.16. The van der Waals surface area contributed by atoms with E-state index in [9.17, 15) is 14.7 Å². The van der Waals surface area contributed by atoms with Crippen molar-refractivity contribution in [3.63, 3.8) is 0 Å². The molecule has 5 nitrogen and oxygen atoms in total. The van der Waals surface area contributed by atoms with E-state index in [1.165, 1.54) is 7.11 Å². The normalized spacial score (nSPS) is 14.5. The second-order valence-corrected chi connectivity index (χ2v) is 2.51. The van der Waals surface area contributed by atoms with E-state index in [-0.39, 0.29) is 0 Å². The number of ether oxygens (including phenoxy) is 2. The first-order chi connectivity index (χ1) is 6.08. The number of carbonyl (C=O) groups is 2. The summed E-state index contributed by atoms with van der Waals surface area (Å²) in [5.74, 6) is -2.28. The molecular weight excluding hydrogens is 176 g/mol. The molecule has 0 rings (SSSR count). The summed E-state index contributed by atoms with van der Waals surface area (Å²) in [7, 11) is 2.35. The third-order valence-corrected chi connectivity index (χ3v) is 1.77. The van der Waals surface area contributed by atoms with Crippen LogP contribution in [0.25, 0.3) is 0 Å². The molecule has 0 radical (unpaired) electrons. The first-order valence-corrected chi connectivity index (χ1v) is 3.92. The van der Waals surface area contributed by atoms with E-state index >= 15 is 0 Å². The van der Waals surface area contributed by atoms with E-state index in [1.54, 1.807) is 6.92 Å². The molecule has 0 aliphatic rings. The maximum Gasteiger partial charge on any atom is 0.335 e. The molecule has 0 heterocycles. The number of esters is 2. The minimum Gasteiger partial charge on any atom is -0.469 e. The fraction of sp³-hybridized carbons (Fsp3) is 0.750. The highest BCUT2D eigenvalue weighted by Gasteiger charge is 2.32. The number of rotatable bonds is 4. The lowest BCUT2D eigenvalue weighted by atomic mass is 10.00. The molecule has 0 saturated heterocycles. The summed E-state index contributed by atoms with van der Waals surface area (Å²) >= 11 is 0. The molecule has 0 spiro atoms. The molecule has 5 heteroatoms. The zero-order valence-corrected chi connectivity index (χ0v) is 7.94. The van der Waals surface area contributed by atoms with Crippen LogP contribution in [0.4, 0.5) is 0 Å². The van der Waals surface area contributed by atoms with E-state index in [1.807, 2.05) is 0 Å². The maximum absolute atomic E-state index is 11.0. The van der Waals surface area contributed by atoms with Gasteiger partial charge in [0.05, 0.1) is 20.1 Å². The predicted octanol–water partition coefficient (Wildman–Crippen LogP) is -0.281. The van der Waals surface area contributed by atoms with Gasteiger partial charge in [0.2, 0.25) is 0 Å². The standard InChI is InChI=1S/C8H14O5/c1-4-5(7(10)12-2)6(9)8(11)13-3/h5-6,9H,4H2,1-3H3. The molecule has 0 aromatic rings. The predicted molar refractivity (Wildman–Crippen MR) is 43.8 cm³/mol. The Morgan fingerprint density at radius 2 is 1.69 bits per heavy atom. The van der Waals surface area contributed by atoms with Crippen molar-refractivity contribution in [2.75, 3.05) is 14.2 Å². The Labute approximate surface area is 76.6 Å². The largest absolute Gasteiger partial charge is 0.469 e. The third-order valence-electron chi connectivity index (χ3n) is 1.77. The molecule has 0 saturated carbocycles. The average molecular weight is 190 g/mol. The lowest BCUT2D eigenvalue weighted by molar-refractivity contribution is -0.163. The molecule has 2 atom stereocenters. The quantitative estimate of drug-likeness (QED) is 0.617. The molecule has 76 valence electrons. The first kappa shape index (κ1) is 11.9. The van der Waals surface area contributed by atoms with Crippen LogP contribution in [0.5, 0.6) is 0 Å². The van der Waals surface area contributed by atoms with Crippen LogP contribution in [0.3, 0.4) is 0 Å². The smallest absolute Gasteiger partial charge is 0.335 e. The molecule has 0 aliphatic carbocycles. The number of aliphatic hydroxyl groups excluding tert-OH is 1. The Morgan fingerprint density at radius 3 is 2.00 bits per heavy atom. The van der Waals surface area contributed by atoms with Crippen LogP contribution in [0.15, 0.2) is 0 Å². The fourth-order valence-corrected chi connectivity index (χ4v) is 0.955. The number of hydrogen-bond donors (Lipinski definition) is 1. The Morgan fingerprint density at radius 1 is 1.23 bits per heavy atom. The van der Waals surface area contributed by atoms with Gasteiger partial charge < -0.3 is 14.6 Å². The highest BCUT2D eigenvalue weighted by molar-refractivity contribution is 5.83. The Kier molecular flexibility index (Phi) is 5.06. The molecule has 2 unspecified atom stereocenters. The van der Waals surface area contributed by atoms with Gasteiger partial charge in [0.15, 0.2) is 6.10 Å². The minimum atomic E-state index is -1.44. The van der Waals surface area contributed by atoms with Crippen LogP contribution >= 0.6 is 0 Å². The van der Waals surface area contributed by atoms with Crippen LogP contribution in [0, 0.1) is 5.92 Å². The summed E-state index contributed by atoms with van der Waals surface area (Å²) in [6.07, 6.45) is -1.12. The molecule has 0 bridgehead atoms. The van der Waals surface area contributed by atoms with Gasteiger partial charge in [0.25, 0.3) is 0 Å². The summed E-state index contributed by atoms with van der Waals surface area (Å²) in [6, 6.07) is 0. The summed E-state index contributed by atoms with van der Waals surface area (Å²) < 4.78 is 8.71. The van der Waals surface area contributed by atoms with Crippen molar-refractivity contribution < 1.29 is 24.2 Å². The van der Waals surface area contributed by atoms with Gasteiger partial charge >= 0.3 is 11.9 Å². The van der Waals surface area contributed by atoms with Gasteiger partial charge in [-0.25, -0.2) is 4.79 Å². The molecule has 0 amide bonds. The Balaban J connectivity index is 4.39. The number of carbonyl (C=O) groups excluding carboxylic acids is 2. The van der Waals surface area contributed by atoms with Gasteiger partial charge in [0.1, 0.15) is 0 Å². The number of methoxy groups -OCH3 is 2. The van der Waals surface area contributed by atoms with Gasteiger partial charge in [-0.2, -0.15) is 0 Å². The molecule has 1 N–H and O–H groups in total. The van der Waals surface area contributed by atoms with Crippen molar-refractivity contribution in [3.05, 3.63) is 0 Å². The number of aliphatic hydroxyl groups is 1. The molecule has 0 fully saturated rings. The van der Waals surface area contributed by atoms with Crippen molar-refractivity contribution in [3.8, 4) is 0 Å². The zero-order chi connectivity index (χ0) is 10.4. The molecule has 0 aliphatic heterocycles. The summed E-state index contributed by atoms with van der Waals surface area (Å²) in [6.45, 7) is 1.67. The van der Waals surface area contributed by atoms with Crippen LogP contribution in [0.1, 0.15) is 13.3 Å². The summed E-state index contributed by atoms with van der Waals surface area (Å²) in [5, 5.41) is 9.30. The lowest BCUT2D eigenvalue weighted by Crippen LogP contribution is -2.35. The topological polar surface area (TPSA) is 72.8 Å². The van der Waals surface area contributed by atoms with Crippen molar-refractivity contribution in [1.82, 2.24) is 0 Å². The van der Waals surface area contributed by atoms with Crippen LogP contribution in [-0.2, 0) is 19.1 Å². The monoisotopic (exact) mass is 190 g/mol. The second kappa shape index (κ2) is 5.53. The average Bonchev–Trinajstić information content (AvgIpc) is 2.17. The second-order valence-electron chi connectivity index (χ2n) is 2.51. The van der Waals surface area contributed by atoms with E-state index in [2.05, 4.69) is 9.47 Å². The number of hydrogen-bond acceptors (Lipinski definition) is 5. The molecule has 13 heavy (non-hydrogen) atoms. The first-order valence-electron chi connectivity index (χ1n) is 3.92.